The van der Waals surface area contributed by atoms with Crippen molar-refractivity contribution in [2.45, 2.75) is 6.92 Å². The molecule has 17 heavy (non-hydrogen) atoms. The molecule has 1 unspecified atom stereocenters. The lowest BCUT2D eigenvalue weighted by molar-refractivity contribution is -0.123. The molecule has 1 heterocycles. The van der Waals surface area contributed by atoms with Gasteiger partial charge in [0, 0.05) is 20.6 Å². The molecular formula is C11H17ClN4O. The topological polar surface area (TPSA) is 71.2 Å². The fourth-order valence-electron chi connectivity index (χ4n) is 1.57. The molecule has 0 bridgehead atoms. The van der Waals surface area contributed by atoms with E-state index in [0.717, 1.165) is 0 Å². The molecule has 1 rings (SSSR count). The predicted molar refractivity (Wildman–Crippen MR) is 70.2 cm³/mol. The summed E-state index contributed by atoms with van der Waals surface area (Å²) in [6, 6.07) is 3.34. The maximum atomic E-state index is 11.4. The van der Waals surface area contributed by atoms with E-state index in [9.17, 15) is 4.79 Å². The first-order valence-electron chi connectivity index (χ1n) is 5.30. The quantitative estimate of drug-likeness (QED) is 0.793. The number of carbonyl (C=O) groups excluding carboxylic acids is 1. The molecule has 0 aliphatic carbocycles. The van der Waals surface area contributed by atoms with Crippen LogP contribution < -0.4 is 16.0 Å². The fourth-order valence-corrected chi connectivity index (χ4v) is 1.71. The zero-order chi connectivity index (χ0) is 13.0. The number of nitrogens with one attached hydrogen (secondary N) is 1. The van der Waals surface area contributed by atoms with Gasteiger partial charge >= 0.3 is 0 Å². The van der Waals surface area contributed by atoms with Crippen LogP contribution in [-0.2, 0) is 4.79 Å². The standard InChI is InChI=1S/C11H17ClN4O/c1-7(11(17)14-2)6-16(3)10-8(13)4-5-9(12)15-10/h4-5,7H,6,13H2,1-3H3,(H,14,17). The van der Waals surface area contributed by atoms with Crippen LogP contribution in [0.2, 0.25) is 5.15 Å². The second kappa shape index (κ2) is 5.72. The molecule has 0 saturated heterocycles. The monoisotopic (exact) mass is 256 g/mol. The molecular weight excluding hydrogens is 240 g/mol. The van der Waals surface area contributed by atoms with Crippen LogP contribution in [0.15, 0.2) is 12.1 Å². The van der Waals surface area contributed by atoms with Crippen LogP contribution in [0.4, 0.5) is 11.5 Å². The van der Waals surface area contributed by atoms with E-state index in [1.807, 2.05) is 18.9 Å². The van der Waals surface area contributed by atoms with Gasteiger partial charge in [-0.05, 0) is 12.1 Å². The Morgan fingerprint density at radius 1 is 1.65 bits per heavy atom. The van der Waals surface area contributed by atoms with E-state index in [1.54, 1.807) is 19.2 Å². The third-order valence-electron chi connectivity index (χ3n) is 2.47. The number of nitrogen functional groups attached to an aromatic ring is 1. The van der Waals surface area contributed by atoms with Crippen LogP contribution in [0.25, 0.3) is 0 Å². The van der Waals surface area contributed by atoms with Crippen LogP contribution in [-0.4, -0.2) is 31.5 Å². The first kappa shape index (κ1) is 13.6. The molecule has 1 aromatic heterocycles. The zero-order valence-electron chi connectivity index (χ0n) is 10.2. The number of halogens is 1. The highest BCUT2D eigenvalue weighted by Gasteiger charge is 2.16. The van der Waals surface area contributed by atoms with Gasteiger partial charge < -0.3 is 16.0 Å². The van der Waals surface area contributed by atoms with Gasteiger partial charge in [-0.2, -0.15) is 0 Å². The Morgan fingerprint density at radius 3 is 2.88 bits per heavy atom. The summed E-state index contributed by atoms with van der Waals surface area (Å²) < 4.78 is 0. The number of amides is 1. The number of nitrogens with zero attached hydrogens (tertiary/aromatic N) is 2. The Morgan fingerprint density at radius 2 is 2.29 bits per heavy atom. The van der Waals surface area contributed by atoms with Crippen LogP contribution in [0.3, 0.4) is 0 Å². The molecule has 0 spiro atoms. The van der Waals surface area contributed by atoms with E-state index < -0.39 is 0 Å². The van der Waals surface area contributed by atoms with Gasteiger partial charge in [-0.3, -0.25) is 4.79 Å². The minimum atomic E-state index is -0.148. The Bertz CT molecular complexity index is 410. The van der Waals surface area contributed by atoms with Crippen molar-refractivity contribution in [2.75, 3.05) is 31.3 Å². The summed E-state index contributed by atoms with van der Waals surface area (Å²) in [6.07, 6.45) is 0. The first-order valence-corrected chi connectivity index (χ1v) is 5.68. The molecule has 1 amide bonds. The molecule has 3 N–H and O–H groups in total. The van der Waals surface area contributed by atoms with Gasteiger partial charge in [0.1, 0.15) is 5.15 Å². The van der Waals surface area contributed by atoms with Gasteiger partial charge in [-0.15, -0.1) is 0 Å². The summed E-state index contributed by atoms with van der Waals surface area (Å²) in [6.45, 7) is 2.37. The van der Waals surface area contributed by atoms with E-state index in [4.69, 9.17) is 17.3 Å². The van der Waals surface area contributed by atoms with Crippen molar-refractivity contribution in [3.8, 4) is 0 Å². The fraction of sp³-hybridized carbons (Fsp3) is 0.455. The van der Waals surface area contributed by atoms with Crippen molar-refractivity contribution >= 4 is 29.0 Å². The lowest BCUT2D eigenvalue weighted by Gasteiger charge is -2.22. The van der Waals surface area contributed by atoms with E-state index in [0.29, 0.717) is 23.2 Å². The number of carbonyl (C=O) groups is 1. The number of nitrogens with two attached hydrogens (primary N) is 1. The second-order valence-electron chi connectivity index (χ2n) is 3.94. The number of rotatable bonds is 4. The minimum Gasteiger partial charge on any atom is -0.396 e. The van der Waals surface area contributed by atoms with Gasteiger partial charge in [0.25, 0.3) is 0 Å². The van der Waals surface area contributed by atoms with Crippen molar-refractivity contribution in [1.82, 2.24) is 10.3 Å². The van der Waals surface area contributed by atoms with Crippen molar-refractivity contribution in [3.05, 3.63) is 17.3 Å². The SMILES string of the molecule is CNC(=O)C(C)CN(C)c1nc(Cl)ccc1N. The summed E-state index contributed by atoms with van der Waals surface area (Å²) in [5, 5.41) is 2.99. The predicted octanol–water partition coefficient (Wildman–Crippen LogP) is 1.14. The molecule has 5 nitrogen and oxygen atoms in total. The van der Waals surface area contributed by atoms with E-state index in [-0.39, 0.29) is 11.8 Å². The lowest BCUT2D eigenvalue weighted by atomic mass is 10.1. The number of anilines is 2. The van der Waals surface area contributed by atoms with E-state index >= 15 is 0 Å². The molecule has 1 atom stereocenters. The zero-order valence-corrected chi connectivity index (χ0v) is 11.0. The molecule has 6 heteroatoms. The van der Waals surface area contributed by atoms with Gasteiger partial charge in [0.15, 0.2) is 5.82 Å². The van der Waals surface area contributed by atoms with Crippen LogP contribution >= 0.6 is 11.6 Å². The maximum Gasteiger partial charge on any atom is 0.224 e. The second-order valence-corrected chi connectivity index (χ2v) is 4.33. The normalized spacial score (nSPS) is 12.0. The van der Waals surface area contributed by atoms with Crippen molar-refractivity contribution in [3.63, 3.8) is 0 Å². The number of pyridine rings is 1. The molecule has 0 radical (unpaired) electrons. The van der Waals surface area contributed by atoms with Gasteiger partial charge in [-0.1, -0.05) is 18.5 Å². The first-order chi connectivity index (χ1) is 7.95. The van der Waals surface area contributed by atoms with Crippen molar-refractivity contribution in [2.24, 2.45) is 5.92 Å². The van der Waals surface area contributed by atoms with Crippen LogP contribution in [0, 0.1) is 5.92 Å². The third-order valence-corrected chi connectivity index (χ3v) is 2.69. The molecule has 0 fully saturated rings. The van der Waals surface area contributed by atoms with E-state index in [2.05, 4.69) is 10.3 Å². The Hall–Kier alpha value is -1.49. The summed E-state index contributed by atoms with van der Waals surface area (Å²) in [5.74, 6) is 0.427. The Kier molecular flexibility index (Phi) is 4.57. The van der Waals surface area contributed by atoms with Crippen LogP contribution in [0.1, 0.15) is 6.92 Å². The van der Waals surface area contributed by atoms with E-state index in [1.165, 1.54) is 0 Å². The largest absolute Gasteiger partial charge is 0.396 e. The van der Waals surface area contributed by atoms with Gasteiger partial charge in [-0.25, -0.2) is 4.98 Å². The smallest absolute Gasteiger partial charge is 0.224 e. The summed E-state index contributed by atoms with van der Waals surface area (Å²) >= 11 is 5.81. The summed E-state index contributed by atoms with van der Waals surface area (Å²) in [4.78, 5) is 17.4. The Balaban J connectivity index is 2.79. The summed E-state index contributed by atoms with van der Waals surface area (Å²) in [7, 11) is 3.44. The number of hydrogen-bond donors (Lipinski definition) is 2. The third kappa shape index (κ3) is 3.49. The van der Waals surface area contributed by atoms with Crippen LogP contribution in [0.5, 0.6) is 0 Å². The van der Waals surface area contributed by atoms with Crippen molar-refractivity contribution < 1.29 is 4.79 Å². The molecule has 0 saturated carbocycles. The molecule has 94 valence electrons. The highest BCUT2D eigenvalue weighted by Crippen LogP contribution is 2.22. The average molecular weight is 257 g/mol. The number of aromatic nitrogens is 1. The maximum absolute atomic E-state index is 11.4. The highest BCUT2D eigenvalue weighted by atomic mass is 35.5. The van der Waals surface area contributed by atoms with Gasteiger partial charge in [0.2, 0.25) is 5.91 Å². The minimum absolute atomic E-state index is 0.0163. The summed E-state index contributed by atoms with van der Waals surface area (Å²) in [5.41, 5.74) is 6.35. The molecule has 1 aromatic rings. The Labute approximate surface area is 106 Å². The van der Waals surface area contributed by atoms with Gasteiger partial charge in [0.05, 0.1) is 11.6 Å². The molecule has 0 aromatic carbocycles. The molecule has 0 aliphatic heterocycles. The number of hydrogen-bond acceptors (Lipinski definition) is 4. The molecule has 0 aliphatic rings. The van der Waals surface area contributed by atoms with Crippen molar-refractivity contribution in [1.29, 1.82) is 0 Å². The lowest BCUT2D eigenvalue weighted by Crippen LogP contribution is -2.35. The highest BCUT2D eigenvalue weighted by molar-refractivity contribution is 6.29. The average Bonchev–Trinajstić information content (AvgIpc) is 2.30.